The molecule has 0 saturated heterocycles. The first kappa shape index (κ1) is 26.2. The molecule has 0 fully saturated rings. The van der Waals surface area contributed by atoms with Crippen molar-refractivity contribution in [1.29, 1.82) is 0 Å². The number of carbonyl (C=O) groups excluding carboxylic acids is 2. The Morgan fingerprint density at radius 1 is 0.714 bits per heavy atom. The standard InChI is InChI=1S/C24H15Cl4N3O4/c25-17-6-1-14(11-19(17)27)3-9-23(32)29-16-5-8-22(31(34)35)21(13-16)30-24(33)10-4-15-2-7-18(26)20(28)12-15/h1-13H,(H,29,32)(H,30,33). The van der Waals surface area contributed by atoms with Crippen molar-refractivity contribution in [3.63, 3.8) is 0 Å². The smallest absolute Gasteiger partial charge is 0.292 e. The van der Waals surface area contributed by atoms with E-state index in [-0.39, 0.29) is 17.1 Å². The van der Waals surface area contributed by atoms with Gasteiger partial charge in [-0.25, -0.2) is 0 Å². The van der Waals surface area contributed by atoms with Crippen LogP contribution in [0.25, 0.3) is 12.2 Å². The van der Waals surface area contributed by atoms with E-state index in [2.05, 4.69) is 10.6 Å². The summed E-state index contributed by atoms with van der Waals surface area (Å²) < 4.78 is 0. The molecule has 0 heterocycles. The number of hydrogen-bond acceptors (Lipinski definition) is 4. The van der Waals surface area contributed by atoms with Crippen LogP contribution in [0, 0.1) is 10.1 Å². The molecule has 7 nitrogen and oxygen atoms in total. The van der Waals surface area contributed by atoms with E-state index >= 15 is 0 Å². The summed E-state index contributed by atoms with van der Waals surface area (Å²) in [6.45, 7) is 0. The van der Waals surface area contributed by atoms with E-state index in [1.54, 1.807) is 36.4 Å². The molecule has 0 aliphatic heterocycles. The molecular weight excluding hydrogens is 536 g/mol. The quantitative estimate of drug-likeness (QED) is 0.180. The van der Waals surface area contributed by atoms with Crippen molar-refractivity contribution >= 4 is 87.4 Å². The van der Waals surface area contributed by atoms with E-state index < -0.39 is 16.7 Å². The van der Waals surface area contributed by atoms with E-state index in [0.717, 1.165) is 0 Å². The Morgan fingerprint density at radius 3 is 1.71 bits per heavy atom. The number of rotatable bonds is 7. The third-order valence-corrected chi connectivity index (χ3v) is 5.94. The Morgan fingerprint density at radius 2 is 1.23 bits per heavy atom. The maximum atomic E-state index is 12.4. The molecule has 0 bridgehead atoms. The van der Waals surface area contributed by atoms with Gasteiger partial charge < -0.3 is 10.6 Å². The maximum absolute atomic E-state index is 12.4. The van der Waals surface area contributed by atoms with Gasteiger partial charge in [-0.1, -0.05) is 58.5 Å². The molecule has 0 aromatic heterocycles. The monoisotopic (exact) mass is 549 g/mol. The molecule has 3 rings (SSSR count). The molecule has 0 atom stereocenters. The number of carbonyl (C=O) groups is 2. The molecule has 0 spiro atoms. The third-order valence-electron chi connectivity index (χ3n) is 4.46. The van der Waals surface area contributed by atoms with Gasteiger partial charge in [-0.05, 0) is 59.7 Å². The largest absolute Gasteiger partial charge is 0.322 e. The first-order valence-corrected chi connectivity index (χ1v) is 11.3. The second-order valence-electron chi connectivity index (χ2n) is 6.98. The summed E-state index contributed by atoms with van der Waals surface area (Å²) in [5.74, 6) is -1.12. The molecule has 11 heteroatoms. The van der Waals surface area contributed by atoms with E-state index in [9.17, 15) is 19.7 Å². The first-order chi connectivity index (χ1) is 16.6. The van der Waals surface area contributed by atoms with Crippen LogP contribution in [0.15, 0.2) is 66.7 Å². The Kier molecular flexibility index (Phi) is 8.89. The first-order valence-electron chi connectivity index (χ1n) is 9.79. The lowest BCUT2D eigenvalue weighted by atomic mass is 10.2. The van der Waals surface area contributed by atoms with Crippen LogP contribution < -0.4 is 10.6 Å². The highest BCUT2D eigenvalue weighted by Crippen LogP contribution is 2.28. The van der Waals surface area contributed by atoms with Gasteiger partial charge in [0.05, 0.1) is 25.0 Å². The molecule has 0 aliphatic rings. The highest BCUT2D eigenvalue weighted by Gasteiger charge is 2.16. The van der Waals surface area contributed by atoms with Crippen LogP contribution in [0.4, 0.5) is 17.1 Å². The van der Waals surface area contributed by atoms with Crippen LogP contribution in [-0.2, 0) is 9.59 Å². The van der Waals surface area contributed by atoms with Gasteiger partial charge in [0.1, 0.15) is 5.69 Å². The summed E-state index contributed by atoms with van der Waals surface area (Å²) in [7, 11) is 0. The zero-order valence-electron chi connectivity index (χ0n) is 17.6. The normalized spacial score (nSPS) is 11.1. The minimum atomic E-state index is -0.645. The van der Waals surface area contributed by atoms with Crippen molar-refractivity contribution in [2.75, 3.05) is 10.6 Å². The fourth-order valence-corrected chi connectivity index (χ4v) is 3.42. The Labute approximate surface area is 220 Å². The number of nitrogens with zero attached hydrogens (tertiary/aromatic N) is 1. The summed E-state index contributed by atoms with van der Waals surface area (Å²) in [6.07, 6.45) is 5.45. The van der Waals surface area contributed by atoms with Crippen LogP contribution in [-0.4, -0.2) is 16.7 Å². The average Bonchev–Trinajstić information content (AvgIpc) is 2.80. The number of nitrogens with one attached hydrogen (secondary N) is 2. The number of halogens is 4. The Bertz CT molecular complexity index is 1370. The molecule has 0 saturated carbocycles. The lowest BCUT2D eigenvalue weighted by Gasteiger charge is -2.08. The molecule has 35 heavy (non-hydrogen) atoms. The second kappa shape index (κ2) is 11.9. The second-order valence-corrected chi connectivity index (χ2v) is 8.61. The molecule has 0 aliphatic carbocycles. The topological polar surface area (TPSA) is 101 Å². The predicted molar refractivity (Wildman–Crippen MR) is 141 cm³/mol. The Balaban J connectivity index is 1.73. The average molecular weight is 551 g/mol. The van der Waals surface area contributed by atoms with Gasteiger partial charge in [0.15, 0.2) is 0 Å². The number of nitro benzene ring substituents is 1. The van der Waals surface area contributed by atoms with E-state index in [1.165, 1.54) is 42.5 Å². The Hall–Kier alpha value is -3.36. The predicted octanol–water partition coefficient (Wildman–Crippen LogP) is 7.51. The number of benzene rings is 3. The molecule has 3 aromatic rings. The van der Waals surface area contributed by atoms with Crippen LogP contribution in [0.5, 0.6) is 0 Å². The van der Waals surface area contributed by atoms with Gasteiger partial charge >= 0.3 is 0 Å². The minimum absolute atomic E-state index is 0.0925. The van der Waals surface area contributed by atoms with Gasteiger partial charge in [-0.15, -0.1) is 0 Å². The van der Waals surface area contributed by atoms with Gasteiger partial charge in [0.25, 0.3) is 5.69 Å². The lowest BCUT2D eigenvalue weighted by molar-refractivity contribution is -0.383. The molecule has 3 aromatic carbocycles. The summed E-state index contributed by atoms with van der Waals surface area (Å²) in [6, 6.07) is 13.5. The van der Waals surface area contributed by atoms with Gasteiger partial charge in [-0.3, -0.25) is 19.7 Å². The van der Waals surface area contributed by atoms with Crippen molar-refractivity contribution in [2.45, 2.75) is 0 Å². The van der Waals surface area contributed by atoms with Crippen molar-refractivity contribution < 1.29 is 14.5 Å². The zero-order valence-corrected chi connectivity index (χ0v) is 20.6. The SMILES string of the molecule is O=C(C=Cc1ccc(Cl)c(Cl)c1)Nc1ccc([N+](=O)[O-])c(NC(=O)C=Cc2ccc(Cl)c(Cl)c2)c1. The number of hydrogen-bond donors (Lipinski definition) is 2. The minimum Gasteiger partial charge on any atom is -0.322 e. The van der Waals surface area contributed by atoms with Crippen LogP contribution >= 0.6 is 46.4 Å². The third kappa shape index (κ3) is 7.56. The van der Waals surface area contributed by atoms with Gasteiger partial charge in [0, 0.05) is 23.9 Å². The molecule has 0 unspecified atom stereocenters. The molecule has 178 valence electrons. The number of anilines is 2. The summed E-state index contributed by atoms with van der Waals surface area (Å²) >= 11 is 23.6. The van der Waals surface area contributed by atoms with Crippen molar-refractivity contribution in [3.05, 3.63) is 108 Å². The summed E-state index contributed by atoms with van der Waals surface area (Å²) in [4.78, 5) is 35.4. The fourth-order valence-electron chi connectivity index (χ4n) is 2.81. The molecule has 2 N–H and O–H groups in total. The van der Waals surface area contributed by atoms with E-state index in [4.69, 9.17) is 46.4 Å². The fraction of sp³-hybridized carbons (Fsp3) is 0. The number of amides is 2. The molecule has 2 amide bonds. The molecular formula is C24H15Cl4N3O4. The van der Waals surface area contributed by atoms with E-state index in [0.29, 0.717) is 31.2 Å². The van der Waals surface area contributed by atoms with Crippen LogP contribution in [0.3, 0.4) is 0 Å². The summed E-state index contributed by atoms with van der Waals surface area (Å²) in [5.41, 5.74) is 1.07. The van der Waals surface area contributed by atoms with Crippen LogP contribution in [0.2, 0.25) is 20.1 Å². The van der Waals surface area contributed by atoms with Crippen LogP contribution in [0.1, 0.15) is 11.1 Å². The highest BCUT2D eigenvalue weighted by atomic mass is 35.5. The molecule has 0 radical (unpaired) electrons. The van der Waals surface area contributed by atoms with Gasteiger partial charge in [-0.2, -0.15) is 0 Å². The maximum Gasteiger partial charge on any atom is 0.292 e. The van der Waals surface area contributed by atoms with Crippen molar-refractivity contribution in [2.24, 2.45) is 0 Å². The zero-order chi connectivity index (χ0) is 25.5. The van der Waals surface area contributed by atoms with E-state index in [1.807, 2.05) is 0 Å². The lowest BCUT2D eigenvalue weighted by Crippen LogP contribution is -2.12. The van der Waals surface area contributed by atoms with Gasteiger partial charge in [0.2, 0.25) is 11.8 Å². The van der Waals surface area contributed by atoms with Crippen molar-refractivity contribution in [1.82, 2.24) is 0 Å². The van der Waals surface area contributed by atoms with Crippen molar-refractivity contribution in [3.8, 4) is 0 Å². The summed E-state index contributed by atoms with van der Waals surface area (Å²) in [5, 5.41) is 17.8. The number of nitro groups is 1. The highest BCUT2D eigenvalue weighted by molar-refractivity contribution is 6.42.